The Hall–Kier alpha value is -4.44. The Morgan fingerprint density at radius 2 is 1.80 bits per heavy atom. The van der Waals surface area contributed by atoms with Gasteiger partial charge in [-0.1, -0.05) is 71.9 Å². The summed E-state index contributed by atoms with van der Waals surface area (Å²) in [6, 6.07) is 21.4. The Labute approximate surface area is 235 Å². The molecule has 40 heavy (non-hydrogen) atoms. The van der Waals surface area contributed by atoms with Crippen LogP contribution in [-0.4, -0.2) is 47.1 Å². The van der Waals surface area contributed by atoms with Gasteiger partial charge in [-0.15, -0.1) is 0 Å². The molecular formula is C30H31N3O6S. The molecular weight excluding hydrogens is 530 g/mol. The van der Waals surface area contributed by atoms with Gasteiger partial charge in [-0.2, -0.15) is 0 Å². The predicted octanol–water partition coefficient (Wildman–Crippen LogP) is 4.37. The zero-order chi connectivity index (χ0) is 28.5. The number of nitrogens with one attached hydrogen (secondary N) is 1. The molecule has 3 aromatic carbocycles. The molecule has 1 atom stereocenters. The molecule has 0 fully saturated rings. The van der Waals surface area contributed by atoms with Gasteiger partial charge in [0.05, 0.1) is 23.9 Å². The van der Waals surface area contributed by atoms with Crippen LogP contribution in [-0.2, 0) is 27.3 Å². The van der Waals surface area contributed by atoms with Gasteiger partial charge in [-0.05, 0) is 36.2 Å². The van der Waals surface area contributed by atoms with Gasteiger partial charge < -0.3 is 20.0 Å². The highest BCUT2D eigenvalue weighted by atomic mass is 32.1. The second-order valence-corrected chi connectivity index (χ2v) is 10.1. The lowest BCUT2D eigenvalue weighted by Gasteiger charge is -2.16. The molecule has 0 aliphatic heterocycles. The Morgan fingerprint density at radius 1 is 1.05 bits per heavy atom. The highest BCUT2D eigenvalue weighted by Crippen LogP contribution is 2.22. The van der Waals surface area contributed by atoms with E-state index >= 15 is 0 Å². The molecule has 0 radical (unpaired) electrons. The van der Waals surface area contributed by atoms with E-state index in [2.05, 4.69) is 10.5 Å². The molecule has 0 saturated heterocycles. The molecule has 0 aliphatic rings. The van der Waals surface area contributed by atoms with E-state index < -0.39 is 12.0 Å². The summed E-state index contributed by atoms with van der Waals surface area (Å²) in [4.78, 5) is 36.7. The molecule has 1 amide bonds. The summed E-state index contributed by atoms with van der Waals surface area (Å²) in [5.74, 6) is -0.0661. The second-order valence-electron chi connectivity index (χ2n) is 9.11. The van der Waals surface area contributed by atoms with Crippen molar-refractivity contribution in [1.82, 2.24) is 9.88 Å². The Kier molecular flexibility index (Phi) is 9.69. The number of carbonyl (C=O) groups excluding carboxylic acids is 2. The Morgan fingerprint density at radius 3 is 2.48 bits per heavy atom. The summed E-state index contributed by atoms with van der Waals surface area (Å²) in [5.41, 5.74) is 3.55. The fourth-order valence-corrected chi connectivity index (χ4v) is 5.30. The van der Waals surface area contributed by atoms with Crippen LogP contribution in [0.25, 0.3) is 10.2 Å². The molecule has 0 bridgehead atoms. The summed E-state index contributed by atoms with van der Waals surface area (Å²) in [7, 11) is 1.30. The summed E-state index contributed by atoms with van der Waals surface area (Å²) in [6.07, 6.45) is 1.33. The topological polar surface area (TPSA) is 119 Å². The number of amides is 1. The monoisotopic (exact) mass is 561 g/mol. The maximum atomic E-state index is 12.7. The van der Waals surface area contributed by atoms with Crippen molar-refractivity contribution in [2.24, 2.45) is 5.16 Å². The lowest BCUT2D eigenvalue weighted by molar-refractivity contribution is -0.145. The van der Waals surface area contributed by atoms with Gasteiger partial charge in [0.1, 0.15) is 24.1 Å². The number of hydrogen-bond donors (Lipinski definition) is 2. The van der Waals surface area contributed by atoms with E-state index in [4.69, 9.17) is 9.47 Å². The largest absolute Gasteiger partial charge is 0.492 e. The zero-order valence-corrected chi connectivity index (χ0v) is 23.1. The minimum atomic E-state index is -0.762. The quantitative estimate of drug-likeness (QED) is 0.115. The number of aromatic nitrogens is 1. The van der Waals surface area contributed by atoms with Crippen LogP contribution < -0.4 is 14.9 Å². The molecule has 1 heterocycles. The summed E-state index contributed by atoms with van der Waals surface area (Å²) >= 11 is 1.13. The molecule has 0 aliphatic carbocycles. The van der Waals surface area contributed by atoms with E-state index in [1.807, 2.05) is 67.6 Å². The predicted molar refractivity (Wildman–Crippen MR) is 154 cm³/mol. The second kappa shape index (κ2) is 13.6. The minimum Gasteiger partial charge on any atom is -0.492 e. The molecule has 9 nitrogen and oxygen atoms in total. The number of nitrogens with zero attached hydrogens (tertiary/aromatic N) is 2. The Balaban J connectivity index is 1.39. The van der Waals surface area contributed by atoms with E-state index in [1.165, 1.54) is 7.11 Å². The molecule has 2 N–H and O–H groups in total. The summed E-state index contributed by atoms with van der Waals surface area (Å²) in [6.45, 7) is 2.53. The Bertz CT molecular complexity index is 1540. The number of benzene rings is 3. The van der Waals surface area contributed by atoms with E-state index in [0.717, 1.165) is 32.7 Å². The van der Waals surface area contributed by atoms with Crippen LogP contribution in [0, 0.1) is 0 Å². The van der Waals surface area contributed by atoms with Crippen LogP contribution in [0.4, 0.5) is 0 Å². The number of thiazole rings is 1. The maximum absolute atomic E-state index is 12.7. The van der Waals surface area contributed by atoms with Gasteiger partial charge in [-0.3, -0.25) is 14.2 Å². The van der Waals surface area contributed by atoms with Crippen molar-refractivity contribution in [2.75, 3.05) is 13.7 Å². The van der Waals surface area contributed by atoms with Gasteiger partial charge in [0, 0.05) is 24.0 Å². The van der Waals surface area contributed by atoms with Crippen molar-refractivity contribution >= 4 is 39.1 Å². The van der Waals surface area contributed by atoms with Crippen LogP contribution in [0.5, 0.6) is 5.75 Å². The smallest absolute Gasteiger partial charge is 0.328 e. The number of ether oxygens (including phenoxy) is 2. The van der Waals surface area contributed by atoms with Gasteiger partial charge in [0.25, 0.3) is 0 Å². The van der Waals surface area contributed by atoms with Crippen LogP contribution in [0.15, 0.2) is 82.7 Å². The van der Waals surface area contributed by atoms with Gasteiger partial charge in [-0.25, -0.2) is 4.79 Å². The molecule has 208 valence electrons. The number of oxime groups is 1. The molecule has 1 aromatic heterocycles. The highest BCUT2D eigenvalue weighted by Gasteiger charge is 2.21. The van der Waals surface area contributed by atoms with Crippen LogP contribution >= 0.6 is 11.3 Å². The van der Waals surface area contributed by atoms with Crippen molar-refractivity contribution < 1.29 is 24.3 Å². The number of hydrogen-bond acceptors (Lipinski definition) is 8. The van der Waals surface area contributed by atoms with Crippen molar-refractivity contribution in [3.8, 4) is 5.75 Å². The van der Waals surface area contributed by atoms with Crippen molar-refractivity contribution in [3.63, 3.8) is 0 Å². The first-order valence-electron chi connectivity index (χ1n) is 12.9. The molecule has 4 aromatic rings. The van der Waals surface area contributed by atoms with Crippen LogP contribution in [0.3, 0.4) is 0 Å². The zero-order valence-electron chi connectivity index (χ0n) is 22.3. The van der Waals surface area contributed by atoms with E-state index in [1.54, 1.807) is 16.7 Å². The average Bonchev–Trinajstić information content (AvgIpc) is 3.28. The fraction of sp³-hybridized carbons (Fsp3) is 0.267. The normalized spacial score (nSPS) is 12.2. The van der Waals surface area contributed by atoms with Gasteiger partial charge in [0.15, 0.2) is 0 Å². The third kappa shape index (κ3) is 6.95. The van der Waals surface area contributed by atoms with Crippen molar-refractivity contribution in [2.45, 2.75) is 38.8 Å². The molecule has 4 rings (SSSR count). The molecule has 0 saturated carbocycles. The number of fused-ring (bicyclic) bond motifs is 1. The lowest BCUT2D eigenvalue weighted by Crippen LogP contribution is -2.42. The first-order valence-corrected chi connectivity index (χ1v) is 13.7. The van der Waals surface area contributed by atoms with Crippen LogP contribution in [0.1, 0.15) is 36.5 Å². The highest BCUT2D eigenvalue weighted by molar-refractivity contribution is 7.16. The first-order chi connectivity index (χ1) is 19.4. The van der Waals surface area contributed by atoms with Crippen molar-refractivity contribution in [3.05, 3.63) is 99.2 Å². The molecule has 10 heteroatoms. The minimum absolute atomic E-state index is 0.104. The molecule has 1 unspecified atom stereocenters. The summed E-state index contributed by atoms with van der Waals surface area (Å²) < 4.78 is 13.2. The molecule has 0 spiro atoms. The number of methoxy groups -OCH3 is 1. The third-order valence-corrected chi connectivity index (χ3v) is 7.28. The first kappa shape index (κ1) is 28.6. The van der Waals surface area contributed by atoms with Gasteiger partial charge in [0.2, 0.25) is 5.91 Å². The van der Waals surface area contributed by atoms with Gasteiger partial charge >= 0.3 is 10.8 Å². The van der Waals surface area contributed by atoms with Crippen LogP contribution in [0.2, 0.25) is 0 Å². The number of rotatable bonds is 12. The average molecular weight is 562 g/mol. The third-order valence-electron chi connectivity index (χ3n) is 6.33. The van der Waals surface area contributed by atoms with E-state index in [0.29, 0.717) is 42.8 Å². The maximum Gasteiger partial charge on any atom is 0.328 e. The SMILES string of the molecule is CCCC(=O)NC(Cc1ccc(OCCn2c(=O)sc3cc(/C(=N/O)c4ccccc4)ccc32)cc1)C(=O)OC. The van der Waals surface area contributed by atoms with Crippen molar-refractivity contribution in [1.29, 1.82) is 0 Å². The van der Waals surface area contributed by atoms with E-state index in [-0.39, 0.29) is 17.4 Å². The lowest BCUT2D eigenvalue weighted by atomic mass is 10.0. The fourth-order valence-electron chi connectivity index (χ4n) is 4.34. The summed E-state index contributed by atoms with van der Waals surface area (Å²) in [5, 5.41) is 15.8. The number of carbonyl (C=O) groups is 2. The standard InChI is InChI=1S/C30H31N3O6S/c1-3-7-27(34)31-24(29(35)38-2)18-20-10-13-23(14-11-20)39-17-16-33-25-15-12-22(19-26(25)40-30(33)36)28(32-37)21-8-5-4-6-9-21/h4-6,8-15,19,24,37H,3,7,16-18H2,1-2H3,(H,31,34)/b32-28+. The number of esters is 1. The van der Waals surface area contributed by atoms with E-state index in [9.17, 15) is 19.6 Å².